The quantitative estimate of drug-likeness (QED) is 0.720. The molecule has 0 saturated heterocycles. The molecule has 0 aliphatic heterocycles. The lowest BCUT2D eigenvalue weighted by Gasteiger charge is -2.15. The van der Waals surface area contributed by atoms with Crippen molar-refractivity contribution in [3.63, 3.8) is 0 Å². The molecule has 0 saturated carbocycles. The van der Waals surface area contributed by atoms with Gasteiger partial charge in [-0.05, 0) is 30.3 Å². The van der Waals surface area contributed by atoms with Gasteiger partial charge in [-0.2, -0.15) is 0 Å². The van der Waals surface area contributed by atoms with Crippen LogP contribution >= 0.6 is 0 Å². The van der Waals surface area contributed by atoms with E-state index in [9.17, 15) is 9.18 Å². The fraction of sp³-hybridized carbons (Fsp3) is 0.158. The summed E-state index contributed by atoms with van der Waals surface area (Å²) in [6.07, 6.45) is 4.68. The summed E-state index contributed by atoms with van der Waals surface area (Å²) in [7, 11) is 4.36. The van der Waals surface area contributed by atoms with Crippen molar-refractivity contribution >= 4 is 11.6 Å². The molecule has 1 amide bonds. The van der Waals surface area contributed by atoms with Crippen molar-refractivity contribution in [3.05, 3.63) is 60.4 Å². The van der Waals surface area contributed by atoms with Gasteiger partial charge in [-0.15, -0.1) is 0 Å². The van der Waals surface area contributed by atoms with Gasteiger partial charge < -0.3 is 24.1 Å². The number of amides is 1. The highest BCUT2D eigenvalue weighted by Gasteiger charge is 2.21. The first-order valence-electron chi connectivity index (χ1n) is 7.97. The molecular weight excluding hydrogens is 353 g/mol. The predicted molar refractivity (Wildman–Crippen MR) is 97.6 cm³/mol. The Kier molecular flexibility index (Phi) is 5.25. The van der Waals surface area contributed by atoms with Crippen LogP contribution in [-0.2, 0) is 0 Å². The molecule has 0 spiro atoms. The third kappa shape index (κ3) is 3.55. The average Bonchev–Trinajstić information content (AvgIpc) is 3.21. The van der Waals surface area contributed by atoms with E-state index in [2.05, 4.69) is 10.3 Å². The summed E-state index contributed by atoms with van der Waals surface area (Å²) in [4.78, 5) is 16.6. The van der Waals surface area contributed by atoms with Gasteiger partial charge in [0.1, 0.15) is 5.82 Å². The van der Waals surface area contributed by atoms with Crippen LogP contribution in [0.3, 0.4) is 0 Å². The second-order valence-electron chi connectivity index (χ2n) is 5.47. The highest BCUT2D eigenvalue weighted by molar-refractivity contribution is 6.07. The molecule has 0 atom stereocenters. The molecule has 27 heavy (non-hydrogen) atoms. The van der Waals surface area contributed by atoms with Crippen LogP contribution in [0.2, 0.25) is 0 Å². The van der Waals surface area contributed by atoms with Gasteiger partial charge in [0.15, 0.2) is 11.5 Å². The average molecular weight is 371 g/mol. The number of carbonyl (C=O) groups is 1. The first kappa shape index (κ1) is 18.2. The zero-order valence-electron chi connectivity index (χ0n) is 15.0. The van der Waals surface area contributed by atoms with Crippen molar-refractivity contribution in [1.29, 1.82) is 0 Å². The minimum Gasteiger partial charge on any atom is -0.493 e. The molecule has 0 unspecified atom stereocenters. The molecule has 0 radical (unpaired) electrons. The van der Waals surface area contributed by atoms with Gasteiger partial charge in [0, 0.05) is 18.1 Å². The number of ether oxygens (including phenoxy) is 3. The van der Waals surface area contributed by atoms with E-state index in [1.54, 1.807) is 36.7 Å². The lowest BCUT2D eigenvalue weighted by atomic mass is 10.1. The van der Waals surface area contributed by atoms with Crippen molar-refractivity contribution in [2.24, 2.45) is 0 Å². The maximum atomic E-state index is 14.4. The number of hydrogen-bond donors (Lipinski definition) is 1. The number of benzene rings is 2. The number of rotatable bonds is 6. The summed E-state index contributed by atoms with van der Waals surface area (Å²) in [5.74, 6) is -0.00608. The van der Waals surface area contributed by atoms with Gasteiger partial charge in [-0.1, -0.05) is 0 Å². The van der Waals surface area contributed by atoms with Gasteiger partial charge in [0.05, 0.1) is 38.9 Å². The Labute approximate surface area is 155 Å². The third-order valence-electron chi connectivity index (χ3n) is 3.94. The van der Waals surface area contributed by atoms with Crippen LogP contribution in [0.4, 0.5) is 10.1 Å². The largest absolute Gasteiger partial charge is 0.493 e. The Morgan fingerprint density at radius 2 is 1.85 bits per heavy atom. The normalized spacial score (nSPS) is 10.4. The van der Waals surface area contributed by atoms with Crippen LogP contribution in [0.5, 0.6) is 17.2 Å². The number of nitrogens with zero attached hydrogens (tertiary/aromatic N) is 2. The molecule has 2 aromatic carbocycles. The van der Waals surface area contributed by atoms with Crippen LogP contribution in [0, 0.1) is 5.82 Å². The van der Waals surface area contributed by atoms with E-state index < -0.39 is 11.7 Å². The van der Waals surface area contributed by atoms with Gasteiger partial charge in [0.25, 0.3) is 5.91 Å². The lowest BCUT2D eigenvalue weighted by molar-refractivity contribution is 0.102. The first-order chi connectivity index (χ1) is 13.1. The highest BCUT2D eigenvalue weighted by Crippen LogP contribution is 2.40. The van der Waals surface area contributed by atoms with Crippen molar-refractivity contribution in [2.75, 3.05) is 26.6 Å². The zero-order valence-corrected chi connectivity index (χ0v) is 15.0. The fourth-order valence-electron chi connectivity index (χ4n) is 2.67. The molecule has 1 N–H and O–H groups in total. The van der Waals surface area contributed by atoms with Gasteiger partial charge in [-0.3, -0.25) is 4.79 Å². The Hall–Kier alpha value is -3.55. The molecule has 0 aliphatic rings. The molecular formula is C19H18FN3O4. The van der Waals surface area contributed by atoms with E-state index in [4.69, 9.17) is 14.2 Å². The summed E-state index contributed by atoms with van der Waals surface area (Å²) in [5, 5.41) is 2.65. The van der Waals surface area contributed by atoms with Crippen LogP contribution in [-0.4, -0.2) is 36.8 Å². The van der Waals surface area contributed by atoms with Crippen LogP contribution in [0.1, 0.15) is 10.4 Å². The zero-order chi connectivity index (χ0) is 19.4. The second kappa shape index (κ2) is 7.77. The van der Waals surface area contributed by atoms with E-state index in [0.29, 0.717) is 22.9 Å². The number of halogens is 1. The summed E-state index contributed by atoms with van der Waals surface area (Å²) in [6.45, 7) is 0. The summed E-state index contributed by atoms with van der Waals surface area (Å²) in [6, 6.07) is 7.53. The molecule has 8 heteroatoms. The van der Waals surface area contributed by atoms with E-state index >= 15 is 0 Å². The molecule has 0 aliphatic carbocycles. The number of nitrogens with one attached hydrogen (secondary N) is 1. The maximum absolute atomic E-state index is 14.4. The number of imidazole rings is 1. The Morgan fingerprint density at radius 3 is 2.44 bits per heavy atom. The standard InChI is InChI=1S/C19H18FN3O4/c1-25-16-7-5-13(17(26-2)18(16)27-3)19(24)22-12-4-6-15(14(20)10-12)23-9-8-21-11-23/h4-11H,1-3H3,(H,22,24). The number of methoxy groups -OCH3 is 3. The van der Waals surface area contributed by atoms with Crippen molar-refractivity contribution in [1.82, 2.24) is 9.55 Å². The molecule has 140 valence electrons. The van der Waals surface area contributed by atoms with Crippen molar-refractivity contribution < 1.29 is 23.4 Å². The smallest absolute Gasteiger partial charge is 0.259 e. The first-order valence-corrected chi connectivity index (χ1v) is 7.97. The Morgan fingerprint density at radius 1 is 1.07 bits per heavy atom. The summed E-state index contributed by atoms with van der Waals surface area (Å²) in [5.41, 5.74) is 0.863. The van der Waals surface area contributed by atoms with Gasteiger partial charge in [-0.25, -0.2) is 9.37 Å². The molecule has 1 heterocycles. The number of anilines is 1. The van der Waals surface area contributed by atoms with Gasteiger partial charge >= 0.3 is 0 Å². The molecule has 0 bridgehead atoms. The van der Waals surface area contributed by atoms with Crippen LogP contribution in [0.25, 0.3) is 5.69 Å². The van der Waals surface area contributed by atoms with Crippen molar-refractivity contribution in [3.8, 4) is 22.9 Å². The molecule has 3 aromatic rings. The number of hydrogen-bond acceptors (Lipinski definition) is 5. The topological polar surface area (TPSA) is 74.6 Å². The van der Waals surface area contributed by atoms with E-state index in [1.165, 1.54) is 38.3 Å². The molecule has 1 aromatic heterocycles. The molecule has 7 nitrogen and oxygen atoms in total. The number of carbonyl (C=O) groups excluding carboxylic acids is 1. The van der Waals surface area contributed by atoms with Crippen molar-refractivity contribution in [2.45, 2.75) is 0 Å². The maximum Gasteiger partial charge on any atom is 0.259 e. The molecule has 0 fully saturated rings. The lowest BCUT2D eigenvalue weighted by Crippen LogP contribution is -2.14. The Bertz CT molecular complexity index is 958. The second-order valence-corrected chi connectivity index (χ2v) is 5.47. The third-order valence-corrected chi connectivity index (χ3v) is 3.94. The summed E-state index contributed by atoms with van der Waals surface area (Å²) < 4.78 is 31.7. The van der Waals surface area contributed by atoms with E-state index in [-0.39, 0.29) is 11.3 Å². The Balaban J connectivity index is 1.89. The fourth-order valence-corrected chi connectivity index (χ4v) is 2.67. The number of aromatic nitrogens is 2. The monoisotopic (exact) mass is 371 g/mol. The minimum atomic E-state index is -0.495. The highest BCUT2D eigenvalue weighted by atomic mass is 19.1. The predicted octanol–water partition coefficient (Wildman–Crippen LogP) is 3.29. The SMILES string of the molecule is COc1ccc(C(=O)Nc2ccc(-n3ccnc3)c(F)c2)c(OC)c1OC. The van der Waals surface area contributed by atoms with Crippen LogP contribution in [0.15, 0.2) is 49.1 Å². The van der Waals surface area contributed by atoms with Crippen LogP contribution < -0.4 is 19.5 Å². The minimum absolute atomic E-state index is 0.227. The summed E-state index contributed by atoms with van der Waals surface area (Å²) >= 11 is 0. The van der Waals surface area contributed by atoms with Gasteiger partial charge in [0.2, 0.25) is 5.75 Å². The van der Waals surface area contributed by atoms with E-state index in [1.807, 2.05) is 0 Å². The molecule has 3 rings (SSSR count). The van der Waals surface area contributed by atoms with E-state index in [0.717, 1.165) is 0 Å².